The summed E-state index contributed by atoms with van der Waals surface area (Å²) in [7, 11) is 0. The van der Waals surface area contributed by atoms with E-state index < -0.39 is 0 Å². The standard InChI is InChI=1S/C14H23ClN2/c1-2-3-4-5-6-7-8-9-10-13-11-12-14(15)17-16-13/h11-12H,2-10H2,1H3. The molecule has 0 fully saturated rings. The van der Waals surface area contributed by atoms with Gasteiger partial charge in [0, 0.05) is 0 Å². The van der Waals surface area contributed by atoms with E-state index in [0.29, 0.717) is 5.15 Å². The number of hydrogen-bond donors (Lipinski definition) is 0. The van der Waals surface area contributed by atoms with Crippen molar-refractivity contribution >= 4 is 11.6 Å². The average molecular weight is 255 g/mol. The van der Waals surface area contributed by atoms with Crippen LogP contribution in [0, 0.1) is 0 Å². The van der Waals surface area contributed by atoms with Crippen molar-refractivity contribution in [1.29, 1.82) is 0 Å². The molecule has 96 valence electrons. The van der Waals surface area contributed by atoms with Crippen LogP contribution in [-0.2, 0) is 6.42 Å². The third-order valence-corrected chi connectivity index (χ3v) is 3.18. The summed E-state index contributed by atoms with van der Waals surface area (Å²) in [5.74, 6) is 0. The van der Waals surface area contributed by atoms with Crippen LogP contribution in [0.2, 0.25) is 5.15 Å². The van der Waals surface area contributed by atoms with Crippen LogP contribution in [0.25, 0.3) is 0 Å². The van der Waals surface area contributed by atoms with Gasteiger partial charge in [-0.15, -0.1) is 5.10 Å². The van der Waals surface area contributed by atoms with E-state index in [9.17, 15) is 0 Å². The van der Waals surface area contributed by atoms with E-state index in [1.54, 1.807) is 0 Å². The summed E-state index contributed by atoms with van der Waals surface area (Å²) in [6.45, 7) is 2.26. The molecule has 0 radical (unpaired) electrons. The Morgan fingerprint density at radius 1 is 0.882 bits per heavy atom. The van der Waals surface area contributed by atoms with E-state index in [1.807, 2.05) is 12.1 Å². The van der Waals surface area contributed by atoms with Crippen LogP contribution in [0.4, 0.5) is 0 Å². The average Bonchev–Trinajstić information content (AvgIpc) is 2.35. The Labute approximate surface area is 110 Å². The Bertz CT molecular complexity index is 285. The summed E-state index contributed by atoms with van der Waals surface area (Å²) < 4.78 is 0. The molecule has 0 N–H and O–H groups in total. The van der Waals surface area contributed by atoms with Gasteiger partial charge in [0.2, 0.25) is 0 Å². The number of unbranched alkanes of at least 4 members (excludes halogenated alkanes) is 7. The molecule has 0 bridgehead atoms. The van der Waals surface area contributed by atoms with E-state index in [0.717, 1.165) is 12.1 Å². The Morgan fingerprint density at radius 3 is 2.12 bits per heavy atom. The summed E-state index contributed by atoms with van der Waals surface area (Å²) >= 11 is 5.68. The maximum atomic E-state index is 5.68. The minimum atomic E-state index is 0.477. The van der Waals surface area contributed by atoms with Gasteiger partial charge in [0.1, 0.15) is 0 Å². The lowest BCUT2D eigenvalue weighted by Crippen LogP contribution is -1.93. The van der Waals surface area contributed by atoms with Gasteiger partial charge in [-0.2, -0.15) is 5.10 Å². The molecular formula is C14H23ClN2. The SMILES string of the molecule is CCCCCCCCCCc1ccc(Cl)nn1. The van der Waals surface area contributed by atoms with E-state index >= 15 is 0 Å². The molecule has 1 aromatic heterocycles. The number of hydrogen-bond acceptors (Lipinski definition) is 2. The minimum Gasteiger partial charge on any atom is -0.154 e. The molecule has 0 atom stereocenters. The molecule has 2 nitrogen and oxygen atoms in total. The molecule has 1 aromatic rings. The van der Waals surface area contributed by atoms with Gasteiger partial charge in [-0.05, 0) is 25.0 Å². The fourth-order valence-corrected chi connectivity index (χ4v) is 2.02. The first-order valence-corrected chi connectivity index (χ1v) is 7.19. The van der Waals surface area contributed by atoms with Gasteiger partial charge in [-0.3, -0.25) is 0 Å². The van der Waals surface area contributed by atoms with E-state index in [4.69, 9.17) is 11.6 Å². The first-order valence-electron chi connectivity index (χ1n) is 6.81. The minimum absolute atomic E-state index is 0.477. The van der Waals surface area contributed by atoms with E-state index in [-0.39, 0.29) is 0 Å². The van der Waals surface area contributed by atoms with Gasteiger partial charge in [0.05, 0.1) is 5.69 Å². The van der Waals surface area contributed by atoms with Crippen LogP contribution in [0.3, 0.4) is 0 Å². The highest BCUT2D eigenvalue weighted by Gasteiger charge is 1.96. The molecule has 0 spiro atoms. The number of halogens is 1. The summed E-state index contributed by atoms with van der Waals surface area (Å²) in [5, 5.41) is 8.37. The van der Waals surface area contributed by atoms with E-state index in [2.05, 4.69) is 17.1 Å². The summed E-state index contributed by atoms with van der Waals surface area (Å²) in [6.07, 6.45) is 11.8. The largest absolute Gasteiger partial charge is 0.154 e. The third kappa shape index (κ3) is 7.32. The molecule has 0 saturated carbocycles. The van der Waals surface area contributed by atoms with Crippen molar-refractivity contribution in [3.05, 3.63) is 23.0 Å². The quantitative estimate of drug-likeness (QED) is 0.591. The van der Waals surface area contributed by atoms with Crippen molar-refractivity contribution in [1.82, 2.24) is 10.2 Å². The van der Waals surface area contributed by atoms with Crippen molar-refractivity contribution in [3.8, 4) is 0 Å². The predicted molar refractivity (Wildman–Crippen MR) is 73.4 cm³/mol. The van der Waals surface area contributed by atoms with Crippen molar-refractivity contribution in [2.45, 2.75) is 64.7 Å². The number of aryl methyl sites for hydroxylation is 1. The molecular weight excluding hydrogens is 232 g/mol. The van der Waals surface area contributed by atoms with Gasteiger partial charge < -0.3 is 0 Å². The Morgan fingerprint density at radius 2 is 1.53 bits per heavy atom. The molecule has 0 saturated heterocycles. The summed E-state index contributed by atoms with van der Waals surface area (Å²) in [5.41, 5.74) is 1.06. The molecule has 0 aliphatic rings. The van der Waals surface area contributed by atoms with Crippen LogP contribution in [0.5, 0.6) is 0 Å². The maximum absolute atomic E-state index is 5.68. The third-order valence-electron chi connectivity index (χ3n) is 2.97. The molecule has 1 rings (SSSR count). The van der Waals surface area contributed by atoms with Gasteiger partial charge in [-0.1, -0.05) is 63.5 Å². The summed E-state index contributed by atoms with van der Waals surface area (Å²) in [6, 6.07) is 3.78. The van der Waals surface area contributed by atoms with Gasteiger partial charge in [0.25, 0.3) is 0 Å². The van der Waals surface area contributed by atoms with Gasteiger partial charge >= 0.3 is 0 Å². The number of rotatable bonds is 9. The Hall–Kier alpha value is -0.630. The van der Waals surface area contributed by atoms with Crippen LogP contribution in [-0.4, -0.2) is 10.2 Å². The zero-order chi connectivity index (χ0) is 12.3. The van der Waals surface area contributed by atoms with Crippen molar-refractivity contribution in [2.75, 3.05) is 0 Å². The molecule has 0 amide bonds. The maximum Gasteiger partial charge on any atom is 0.151 e. The van der Waals surface area contributed by atoms with Crippen LogP contribution < -0.4 is 0 Å². The van der Waals surface area contributed by atoms with Crippen LogP contribution >= 0.6 is 11.6 Å². The lowest BCUT2D eigenvalue weighted by molar-refractivity contribution is 0.573. The lowest BCUT2D eigenvalue weighted by Gasteiger charge is -2.01. The number of aromatic nitrogens is 2. The predicted octanol–water partition coefficient (Wildman–Crippen LogP) is 4.81. The van der Waals surface area contributed by atoms with Crippen LogP contribution in [0.15, 0.2) is 12.1 Å². The van der Waals surface area contributed by atoms with Crippen molar-refractivity contribution in [2.24, 2.45) is 0 Å². The zero-order valence-corrected chi connectivity index (χ0v) is 11.5. The molecule has 0 aliphatic carbocycles. The lowest BCUT2D eigenvalue weighted by atomic mass is 10.1. The highest BCUT2D eigenvalue weighted by molar-refractivity contribution is 6.29. The highest BCUT2D eigenvalue weighted by atomic mass is 35.5. The summed E-state index contributed by atoms with van der Waals surface area (Å²) in [4.78, 5) is 0. The molecule has 17 heavy (non-hydrogen) atoms. The van der Waals surface area contributed by atoms with Gasteiger partial charge in [-0.25, -0.2) is 0 Å². The highest BCUT2D eigenvalue weighted by Crippen LogP contribution is 2.10. The van der Waals surface area contributed by atoms with Crippen LogP contribution in [0.1, 0.15) is 64.0 Å². The van der Waals surface area contributed by atoms with E-state index in [1.165, 1.54) is 51.4 Å². The molecule has 0 aromatic carbocycles. The Kier molecular flexibility index (Phi) is 7.98. The number of nitrogens with zero attached hydrogens (tertiary/aromatic N) is 2. The first kappa shape index (κ1) is 14.4. The van der Waals surface area contributed by atoms with Crippen molar-refractivity contribution in [3.63, 3.8) is 0 Å². The van der Waals surface area contributed by atoms with Crippen molar-refractivity contribution < 1.29 is 0 Å². The molecule has 0 aliphatic heterocycles. The second kappa shape index (κ2) is 9.41. The zero-order valence-electron chi connectivity index (χ0n) is 10.8. The fourth-order valence-electron chi connectivity index (χ4n) is 1.92. The second-order valence-corrected chi connectivity index (χ2v) is 4.96. The normalized spacial score (nSPS) is 10.7. The smallest absolute Gasteiger partial charge is 0.151 e. The molecule has 3 heteroatoms. The molecule has 0 unspecified atom stereocenters. The first-order chi connectivity index (χ1) is 8.33. The second-order valence-electron chi connectivity index (χ2n) is 4.57. The van der Waals surface area contributed by atoms with Gasteiger partial charge in [0.15, 0.2) is 5.15 Å². The molecule has 1 heterocycles. The topological polar surface area (TPSA) is 25.8 Å². The monoisotopic (exact) mass is 254 g/mol. The fraction of sp³-hybridized carbons (Fsp3) is 0.714. The Balaban J connectivity index is 1.95.